The van der Waals surface area contributed by atoms with E-state index in [1.54, 1.807) is 7.11 Å². The molecule has 0 spiro atoms. The van der Waals surface area contributed by atoms with Crippen LogP contribution in [0, 0.1) is 0 Å². The van der Waals surface area contributed by atoms with Crippen molar-refractivity contribution in [3.8, 4) is 5.75 Å². The van der Waals surface area contributed by atoms with Gasteiger partial charge in [-0.25, -0.2) is 0 Å². The standard InChI is InChI=1S/C14H19N3O/c1-16-8-5-11-12(16)3-4-13(14(11)18-2)17-9-6-15-7-10-17/h3-5,8,15H,6-7,9-10H2,1-2H3. The number of aromatic nitrogens is 1. The molecule has 2 aromatic rings. The Labute approximate surface area is 107 Å². The molecule has 3 rings (SSSR count). The zero-order valence-corrected chi connectivity index (χ0v) is 10.9. The number of benzene rings is 1. The second-order valence-corrected chi connectivity index (χ2v) is 4.71. The van der Waals surface area contributed by atoms with Gasteiger partial charge in [0, 0.05) is 44.8 Å². The van der Waals surface area contributed by atoms with Crippen LogP contribution in [0.4, 0.5) is 5.69 Å². The summed E-state index contributed by atoms with van der Waals surface area (Å²) in [6, 6.07) is 6.47. The Morgan fingerprint density at radius 3 is 2.67 bits per heavy atom. The molecule has 1 saturated heterocycles. The molecule has 1 aliphatic rings. The fourth-order valence-corrected chi connectivity index (χ4v) is 2.68. The van der Waals surface area contributed by atoms with Crippen LogP contribution in [0.15, 0.2) is 24.4 Å². The van der Waals surface area contributed by atoms with Crippen molar-refractivity contribution in [2.45, 2.75) is 0 Å². The summed E-state index contributed by atoms with van der Waals surface area (Å²) in [5.74, 6) is 0.995. The van der Waals surface area contributed by atoms with Crippen LogP contribution < -0.4 is 15.0 Å². The largest absolute Gasteiger partial charge is 0.494 e. The quantitative estimate of drug-likeness (QED) is 0.871. The summed E-state index contributed by atoms with van der Waals surface area (Å²) in [4.78, 5) is 2.39. The Bertz CT molecular complexity index is 555. The number of piperazine rings is 1. The number of aryl methyl sites for hydroxylation is 1. The Balaban J connectivity index is 2.10. The van der Waals surface area contributed by atoms with Gasteiger partial charge in [0.1, 0.15) is 0 Å². The molecule has 0 atom stereocenters. The fourth-order valence-electron chi connectivity index (χ4n) is 2.68. The first-order chi connectivity index (χ1) is 8.81. The van der Waals surface area contributed by atoms with Crippen LogP contribution in [0.5, 0.6) is 5.75 Å². The number of anilines is 1. The Morgan fingerprint density at radius 1 is 1.17 bits per heavy atom. The molecule has 0 amide bonds. The summed E-state index contributed by atoms with van der Waals surface area (Å²) in [7, 11) is 3.82. The van der Waals surface area contributed by atoms with Crippen LogP contribution in [-0.2, 0) is 7.05 Å². The molecule has 0 saturated carbocycles. The molecular weight excluding hydrogens is 226 g/mol. The van der Waals surface area contributed by atoms with Gasteiger partial charge in [-0.2, -0.15) is 0 Å². The summed E-state index contributed by atoms with van der Waals surface area (Å²) >= 11 is 0. The van der Waals surface area contributed by atoms with Crippen LogP contribution in [0.25, 0.3) is 10.9 Å². The monoisotopic (exact) mass is 245 g/mol. The summed E-state index contributed by atoms with van der Waals surface area (Å²) in [5, 5.41) is 4.57. The van der Waals surface area contributed by atoms with Gasteiger partial charge >= 0.3 is 0 Å². The van der Waals surface area contributed by atoms with E-state index in [0.717, 1.165) is 31.9 Å². The van der Waals surface area contributed by atoms with E-state index in [1.807, 2.05) is 0 Å². The molecule has 4 heteroatoms. The molecular formula is C14H19N3O. The first-order valence-corrected chi connectivity index (χ1v) is 6.39. The topological polar surface area (TPSA) is 29.4 Å². The van der Waals surface area contributed by atoms with E-state index in [9.17, 15) is 0 Å². The maximum atomic E-state index is 5.65. The number of methoxy groups -OCH3 is 1. The molecule has 4 nitrogen and oxygen atoms in total. The van der Waals surface area contributed by atoms with E-state index >= 15 is 0 Å². The van der Waals surface area contributed by atoms with E-state index in [1.165, 1.54) is 16.6 Å². The summed E-state index contributed by atoms with van der Waals surface area (Å²) in [6.07, 6.45) is 2.08. The van der Waals surface area contributed by atoms with Gasteiger partial charge in [-0.05, 0) is 18.2 Å². The third kappa shape index (κ3) is 1.73. The minimum Gasteiger partial charge on any atom is -0.494 e. The molecule has 1 aliphatic heterocycles. The second kappa shape index (κ2) is 4.53. The second-order valence-electron chi connectivity index (χ2n) is 4.71. The van der Waals surface area contributed by atoms with E-state index in [0.29, 0.717) is 0 Å². The Morgan fingerprint density at radius 2 is 1.94 bits per heavy atom. The van der Waals surface area contributed by atoms with E-state index in [-0.39, 0.29) is 0 Å². The maximum absolute atomic E-state index is 5.65. The van der Waals surface area contributed by atoms with Crippen molar-refractivity contribution >= 4 is 16.6 Å². The number of hydrogen-bond acceptors (Lipinski definition) is 3. The van der Waals surface area contributed by atoms with Crippen LogP contribution in [0.3, 0.4) is 0 Å². The minimum atomic E-state index is 0.995. The highest BCUT2D eigenvalue weighted by Gasteiger charge is 2.17. The van der Waals surface area contributed by atoms with Crippen molar-refractivity contribution in [3.63, 3.8) is 0 Å². The third-order valence-corrected chi connectivity index (χ3v) is 3.66. The van der Waals surface area contributed by atoms with Crippen molar-refractivity contribution in [3.05, 3.63) is 24.4 Å². The van der Waals surface area contributed by atoms with Crippen molar-refractivity contribution in [1.29, 1.82) is 0 Å². The third-order valence-electron chi connectivity index (χ3n) is 3.66. The van der Waals surface area contributed by atoms with Crippen LogP contribution in [0.1, 0.15) is 0 Å². The lowest BCUT2D eigenvalue weighted by molar-refractivity contribution is 0.418. The van der Waals surface area contributed by atoms with Gasteiger partial charge in [-0.3, -0.25) is 0 Å². The number of nitrogens with zero attached hydrogens (tertiary/aromatic N) is 2. The zero-order chi connectivity index (χ0) is 12.5. The first kappa shape index (κ1) is 11.4. The predicted molar refractivity (Wildman–Crippen MR) is 74.6 cm³/mol. The molecule has 1 fully saturated rings. The molecule has 18 heavy (non-hydrogen) atoms. The van der Waals surface area contributed by atoms with Crippen molar-refractivity contribution in [2.75, 3.05) is 38.2 Å². The normalized spacial score (nSPS) is 16.2. The van der Waals surface area contributed by atoms with Gasteiger partial charge in [-0.15, -0.1) is 0 Å². The van der Waals surface area contributed by atoms with Gasteiger partial charge in [0.25, 0.3) is 0 Å². The van der Waals surface area contributed by atoms with E-state index in [4.69, 9.17) is 4.74 Å². The van der Waals surface area contributed by atoms with Gasteiger partial charge in [-0.1, -0.05) is 0 Å². The number of nitrogens with one attached hydrogen (secondary N) is 1. The van der Waals surface area contributed by atoms with E-state index < -0.39 is 0 Å². The van der Waals surface area contributed by atoms with E-state index in [2.05, 4.69) is 46.2 Å². The number of hydrogen-bond donors (Lipinski definition) is 1. The van der Waals surface area contributed by atoms with Crippen molar-refractivity contribution in [2.24, 2.45) is 7.05 Å². The van der Waals surface area contributed by atoms with Gasteiger partial charge in [0.2, 0.25) is 0 Å². The highest BCUT2D eigenvalue weighted by Crippen LogP contribution is 2.36. The minimum absolute atomic E-state index is 0.995. The van der Waals surface area contributed by atoms with Gasteiger partial charge in [0.05, 0.1) is 18.3 Å². The highest BCUT2D eigenvalue weighted by atomic mass is 16.5. The molecule has 1 aromatic heterocycles. The molecule has 96 valence electrons. The van der Waals surface area contributed by atoms with Crippen LogP contribution in [0.2, 0.25) is 0 Å². The summed E-state index contributed by atoms with van der Waals surface area (Å²) in [5.41, 5.74) is 2.42. The Hall–Kier alpha value is -1.68. The predicted octanol–water partition coefficient (Wildman–Crippen LogP) is 1.60. The fraction of sp³-hybridized carbons (Fsp3) is 0.429. The average Bonchev–Trinajstić information content (AvgIpc) is 2.80. The molecule has 0 aliphatic carbocycles. The lowest BCUT2D eigenvalue weighted by Gasteiger charge is -2.30. The molecule has 0 unspecified atom stereocenters. The lowest BCUT2D eigenvalue weighted by Crippen LogP contribution is -2.43. The average molecular weight is 245 g/mol. The lowest BCUT2D eigenvalue weighted by atomic mass is 10.1. The maximum Gasteiger partial charge on any atom is 0.151 e. The number of ether oxygens (including phenoxy) is 1. The smallest absolute Gasteiger partial charge is 0.151 e. The molecule has 1 aromatic carbocycles. The van der Waals surface area contributed by atoms with Crippen LogP contribution in [-0.4, -0.2) is 37.9 Å². The molecule has 0 radical (unpaired) electrons. The molecule has 1 N–H and O–H groups in total. The van der Waals surface area contributed by atoms with Crippen molar-refractivity contribution < 1.29 is 4.74 Å². The zero-order valence-electron chi connectivity index (χ0n) is 10.9. The SMILES string of the molecule is COc1c(N2CCNCC2)ccc2c1ccn2C. The summed E-state index contributed by atoms with van der Waals surface area (Å²) in [6.45, 7) is 4.15. The molecule has 0 bridgehead atoms. The van der Waals surface area contributed by atoms with Gasteiger partial charge < -0.3 is 19.5 Å². The van der Waals surface area contributed by atoms with Gasteiger partial charge in [0.15, 0.2) is 5.75 Å². The first-order valence-electron chi connectivity index (χ1n) is 6.39. The molecule has 2 heterocycles. The summed E-state index contributed by atoms with van der Waals surface area (Å²) < 4.78 is 7.77. The number of rotatable bonds is 2. The van der Waals surface area contributed by atoms with Crippen molar-refractivity contribution in [1.82, 2.24) is 9.88 Å². The highest BCUT2D eigenvalue weighted by molar-refractivity contribution is 5.92. The Kier molecular flexibility index (Phi) is 2.88. The number of fused-ring (bicyclic) bond motifs is 1. The van der Waals surface area contributed by atoms with Crippen LogP contribution >= 0.6 is 0 Å².